The van der Waals surface area contributed by atoms with Crippen LogP contribution in [0.15, 0.2) is 54.6 Å². The molecule has 0 aliphatic carbocycles. The van der Waals surface area contributed by atoms with Gasteiger partial charge in [0.25, 0.3) is 0 Å². The number of alkyl carbamates (subject to hydrolysis) is 1. The van der Waals surface area contributed by atoms with Gasteiger partial charge in [-0.25, -0.2) is 14.0 Å². The number of hydrogen-bond donors (Lipinski definition) is 1. The molecule has 3 atom stereocenters. The fraction of sp³-hybridized carbons (Fsp3) is 0.516. The first-order chi connectivity index (χ1) is 19.1. The van der Waals surface area contributed by atoms with Gasteiger partial charge in [-0.05, 0) is 75.6 Å². The van der Waals surface area contributed by atoms with Crippen molar-refractivity contribution in [2.24, 2.45) is 11.8 Å². The second kappa shape index (κ2) is 13.2. The van der Waals surface area contributed by atoms with Crippen LogP contribution in [0.2, 0.25) is 0 Å². The number of nitrogens with zero attached hydrogens (tertiary/aromatic N) is 2. The topological polar surface area (TPSA) is 88.2 Å². The Kier molecular flexibility index (Phi) is 9.66. The molecule has 9 heteroatoms. The molecule has 8 nitrogen and oxygen atoms in total. The third kappa shape index (κ3) is 8.44. The molecule has 2 aromatic rings. The molecule has 216 valence electrons. The van der Waals surface area contributed by atoms with Gasteiger partial charge in [0, 0.05) is 32.2 Å². The zero-order chi connectivity index (χ0) is 28.7. The smallest absolute Gasteiger partial charge is 0.410 e. The summed E-state index contributed by atoms with van der Waals surface area (Å²) in [5.41, 5.74) is 1.24. The minimum Gasteiger partial charge on any atom is -0.445 e. The average Bonchev–Trinajstić information content (AvgIpc) is 2.93. The summed E-state index contributed by atoms with van der Waals surface area (Å²) in [4.78, 5) is 42.9. The molecule has 0 aromatic heterocycles. The highest BCUT2D eigenvalue weighted by atomic mass is 19.1. The van der Waals surface area contributed by atoms with Crippen LogP contribution in [0.1, 0.15) is 51.2 Å². The number of nitrogens with one attached hydrogen (secondary N) is 1. The van der Waals surface area contributed by atoms with Crippen molar-refractivity contribution in [3.05, 3.63) is 71.5 Å². The number of ether oxygens (including phenoxy) is 2. The molecule has 0 radical (unpaired) electrons. The first-order valence-corrected chi connectivity index (χ1v) is 14.1. The summed E-state index contributed by atoms with van der Waals surface area (Å²) in [7, 11) is 0. The fourth-order valence-corrected chi connectivity index (χ4v) is 5.40. The van der Waals surface area contributed by atoms with Gasteiger partial charge in [0.05, 0.1) is 5.92 Å². The maximum atomic E-state index is 13.9. The zero-order valence-electron chi connectivity index (χ0n) is 23.6. The van der Waals surface area contributed by atoms with E-state index >= 15 is 0 Å². The molecule has 2 aliphatic rings. The number of halogens is 1. The molecule has 0 bridgehead atoms. The van der Waals surface area contributed by atoms with Crippen molar-refractivity contribution in [1.29, 1.82) is 0 Å². The van der Waals surface area contributed by atoms with Crippen molar-refractivity contribution >= 4 is 18.1 Å². The van der Waals surface area contributed by atoms with Gasteiger partial charge in [0.2, 0.25) is 5.91 Å². The van der Waals surface area contributed by atoms with E-state index in [2.05, 4.69) is 5.32 Å². The SMILES string of the molecule is CC(C)(C)OC(=O)N1CC[C@@H](NC(=O)OCc2ccccc2)[C@H](C(=O)N2CCCC(Cc3ccc(F)cc3)C2)C1. The van der Waals surface area contributed by atoms with E-state index in [1.807, 2.05) is 35.2 Å². The quantitative estimate of drug-likeness (QED) is 0.534. The van der Waals surface area contributed by atoms with E-state index < -0.39 is 29.7 Å². The highest BCUT2D eigenvalue weighted by Gasteiger charge is 2.41. The fourth-order valence-electron chi connectivity index (χ4n) is 5.40. The average molecular weight is 554 g/mol. The molecule has 2 heterocycles. The van der Waals surface area contributed by atoms with Crippen LogP contribution in [0, 0.1) is 17.7 Å². The Bertz CT molecular complexity index is 1150. The van der Waals surface area contributed by atoms with Crippen molar-refractivity contribution in [2.45, 2.75) is 64.7 Å². The zero-order valence-corrected chi connectivity index (χ0v) is 23.6. The van der Waals surface area contributed by atoms with Gasteiger partial charge in [-0.2, -0.15) is 0 Å². The number of benzene rings is 2. The molecular weight excluding hydrogens is 513 g/mol. The number of rotatable bonds is 6. The molecule has 2 aliphatic heterocycles. The highest BCUT2D eigenvalue weighted by Crippen LogP contribution is 2.27. The lowest BCUT2D eigenvalue weighted by Crippen LogP contribution is -2.58. The Labute approximate surface area is 235 Å². The van der Waals surface area contributed by atoms with E-state index in [9.17, 15) is 18.8 Å². The Morgan fingerprint density at radius 1 is 0.925 bits per heavy atom. The molecule has 40 heavy (non-hydrogen) atoms. The summed E-state index contributed by atoms with van der Waals surface area (Å²) in [6.07, 6.45) is 1.93. The van der Waals surface area contributed by atoms with Crippen molar-refractivity contribution < 1.29 is 28.2 Å². The summed E-state index contributed by atoms with van der Waals surface area (Å²) in [6, 6.07) is 15.4. The lowest BCUT2D eigenvalue weighted by atomic mass is 9.87. The van der Waals surface area contributed by atoms with Crippen molar-refractivity contribution in [1.82, 2.24) is 15.1 Å². The molecule has 2 saturated heterocycles. The number of likely N-dealkylation sites (tertiary alicyclic amines) is 2. The van der Waals surface area contributed by atoms with Crippen LogP contribution in [0.5, 0.6) is 0 Å². The molecule has 4 rings (SSSR count). The Balaban J connectivity index is 1.43. The Hall–Kier alpha value is -3.62. The predicted octanol–water partition coefficient (Wildman–Crippen LogP) is 5.16. The maximum Gasteiger partial charge on any atom is 0.410 e. The second-order valence-electron chi connectivity index (χ2n) is 11.8. The van der Waals surface area contributed by atoms with Crippen LogP contribution in [0.3, 0.4) is 0 Å². The highest BCUT2D eigenvalue weighted by molar-refractivity contribution is 5.82. The van der Waals surface area contributed by atoms with Gasteiger partial charge in [0.15, 0.2) is 0 Å². The van der Waals surface area contributed by atoms with Crippen LogP contribution in [0.25, 0.3) is 0 Å². The first kappa shape index (κ1) is 29.4. The predicted molar refractivity (Wildman–Crippen MR) is 149 cm³/mol. The van der Waals surface area contributed by atoms with E-state index in [0.29, 0.717) is 26.1 Å². The van der Waals surface area contributed by atoms with Gasteiger partial charge in [-0.1, -0.05) is 42.5 Å². The number of carbonyl (C=O) groups excluding carboxylic acids is 3. The number of piperidine rings is 2. The molecule has 2 fully saturated rings. The van der Waals surface area contributed by atoms with Crippen LogP contribution < -0.4 is 5.32 Å². The molecule has 3 amide bonds. The molecule has 0 saturated carbocycles. The second-order valence-corrected chi connectivity index (χ2v) is 11.8. The molecule has 2 aromatic carbocycles. The largest absolute Gasteiger partial charge is 0.445 e. The Morgan fingerprint density at radius 2 is 1.65 bits per heavy atom. The van der Waals surface area contributed by atoms with E-state index in [1.165, 1.54) is 12.1 Å². The van der Waals surface area contributed by atoms with Crippen molar-refractivity contribution in [2.75, 3.05) is 26.2 Å². The van der Waals surface area contributed by atoms with Gasteiger partial charge in [-0.3, -0.25) is 4.79 Å². The van der Waals surface area contributed by atoms with Gasteiger partial charge in [0.1, 0.15) is 18.0 Å². The summed E-state index contributed by atoms with van der Waals surface area (Å²) in [5, 5.41) is 2.90. The number of amides is 3. The third-order valence-corrected chi connectivity index (χ3v) is 7.37. The standard InChI is InChI=1S/C31H40FN3O5/c1-31(2,3)40-30(38)35-17-15-27(33-29(37)39-21-23-8-5-4-6-9-23)26(20-35)28(36)34-16-7-10-24(19-34)18-22-11-13-25(32)14-12-22/h4-6,8-9,11-14,24,26-27H,7,10,15-21H2,1-3H3,(H,33,37)/t24?,26-,27-/m1/s1. The van der Waals surface area contributed by atoms with Crippen LogP contribution in [0.4, 0.5) is 14.0 Å². The van der Waals surface area contributed by atoms with Crippen LogP contribution in [-0.4, -0.2) is 65.7 Å². The minimum absolute atomic E-state index is 0.0922. The van der Waals surface area contributed by atoms with Crippen LogP contribution >= 0.6 is 0 Å². The normalized spacial score (nSPS) is 21.4. The summed E-state index contributed by atoms with van der Waals surface area (Å²) in [5.74, 6) is -0.742. The number of hydrogen-bond acceptors (Lipinski definition) is 5. The minimum atomic E-state index is -0.659. The van der Waals surface area contributed by atoms with Gasteiger partial charge in [-0.15, -0.1) is 0 Å². The van der Waals surface area contributed by atoms with E-state index in [4.69, 9.17) is 9.47 Å². The Morgan fingerprint density at radius 3 is 2.35 bits per heavy atom. The van der Waals surface area contributed by atoms with E-state index in [0.717, 1.165) is 30.4 Å². The molecule has 0 spiro atoms. The summed E-state index contributed by atoms with van der Waals surface area (Å²) < 4.78 is 24.4. The van der Waals surface area contributed by atoms with E-state index in [1.54, 1.807) is 37.8 Å². The third-order valence-electron chi connectivity index (χ3n) is 7.37. The first-order valence-electron chi connectivity index (χ1n) is 14.1. The number of carbonyl (C=O) groups is 3. The van der Waals surface area contributed by atoms with Crippen molar-refractivity contribution in [3.63, 3.8) is 0 Å². The van der Waals surface area contributed by atoms with Gasteiger partial charge >= 0.3 is 12.2 Å². The van der Waals surface area contributed by atoms with E-state index in [-0.39, 0.29) is 30.8 Å². The summed E-state index contributed by atoms with van der Waals surface area (Å²) in [6.45, 7) is 7.24. The summed E-state index contributed by atoms with van der Waals surface area (Å²) >= 11 is 0. The molecule has 1 N–H and O–H groups in total. The van der Waals surface area contributed by atoms with Crippen molar-refractivity contribution in [3.8, 4) is 0 Å². The maximum absolute atomic E-state index is 13.9. The lowest BCUT2D eigenvalue weighted by Gasteiger charge is -2.42. The monoisotopic (exact) mass is 553 g/mol. The van der Waals surface area contributed by atoms with Gasteiger partial charge < -0.3 is 24.6 Å². The lowest BCUT2D eigenvalue weighted by molar-refractivity contribution is -0.140. The molecular formula is C31H40FN3O5. The molecule has 1 unspecified atom stereocenters. The van der Waals surface area contributed by atoms with Crippen LogP contribution in [-0.2, 0) is 27.3 Å².